The molecule has 1 N–H and O–H groups in total. The molecule has 0 saturated carbocycles. The van der Waals surface area contributed by atoms with Crippen molar-refractivity contribution in [3.05, 3.63) is 35.4 Å². The van der Waals surface area contributed by atoms with Crippen LogP contribution in [-0.4, -0.2) is 22.4 Å². The molecule has 1 amide bonds. The van der Waals surface area contributed by atoms with Crippen molar-refractivity contribution >= 4 is 5.91 Å². The summed E-state index contributed by atoms with van der Waals surface area (Å²) in [6, 6.07) is 3.82. The van der Waals surface area contributed by atoms with E-state index >= 15 is 0 Å². The Morgan fingerprint density at radius 2 is 2.00 bits per heavy atom. The zero-order valence-corrected chi connectivity index (χ0v) is 12.9. The number of nitrogens with zero attached hydrogens (tertiary/aromatic N) is 1. The van der Waals surface area contributed by atoms with Crippen molar-refractivity contribution < 1.29 is 13.6 Å². The van der Waals surface area contributed by atoms with E-state index < -0.39 is 23.3 Å². The second-order valence-corrected chi connectivity index (χ2v) is 5.88. The second-order valence-electron chi connectivity index (χ2n) is 5.88. The molecule has 1 saturated heterocycles. The highest BCUT2D eigenvalue weighted by atomic mass is 19.2. The predicted octanol–water partition coefficient (Wildman–Crippen LogP) is 3.36. The molecule has 21 heavy (non-hydrogen) atoms. The van der Waals surface area contributed by atoms with Crippen LogP contribution in [-0.2, 0) is 4.79 Å². The van der Waals surface area contributed by atoms with Gasteiger partial charge in [-0.15, -0.1) is 0 Å². The molecule has 1 fully saturated rings. The summed E-state index contributed by atoms with van der Waals surface area (Å²) in [7, 11) is 0. The lowest BCUT2D eigenvalue weighted by Gasteiger charge is -2.30. The first-order valence-corrected chi connectivity index (χ1v) is 7.39. The molecule has 1 heterocycles. The maximum Gasteiger partial charge on any atom is 0.244 e. The molecule has 2 rings (SSSR count). The van der Waals surface area contributed by atoms with Gasteiger partial charge in [-0.3, -0.25) is 10.1 Å². The van der Waals surface area contributed by atoms with Crippen molar-refractivity contribution in [2.45, 2.75) is 58.3 Å². The Bertz CT molecular complexity index is 549. The van der Waals surface area contributed by atoms with Crippen LogP contribution in [0.5, 0.6) is 0 Å². The van der Waals surface area contributed by atoms with Gasteiger partial charge in [0.25, 0.3) is 0 Å². The van der Waals surface area contributed by atoms with Crippen LogP contribution in [0.3, 0.4) is 0 Å². The average Bonchev–Trinajstić information content (AvgIpc) is 2.74. The van der Waals surface area contributed by atoms with E-state index in [4.69, 9.17) is 0 Å². The third kappa shape index (κ3) is 2.67. The smallest absolute Gasteiger partial charge is 0.244 e. The van der Waals surface area contributed by atoms with Crippen molar-refractivity contribution in [2.75, 3.05) is 0 Å². The molecule has 0 spiro atoms. The minimum absolute atomic E-state index is 0.00841. The van der Waals surface area contributed by atoms with Gasteiger partial charge in [0.05, 0.1) is 5.54 Å². The normalized spacial score (nSPS) is 27.2. The molecule has 1 aliphatic heterocycles. The third-order valence-electron chi connectivity index (χ3n) is 4.47. The van der Waals surface area contributed by atoms with Crippen molar-refractivity contribution in [1.29, 1.82) is 0 Å². The van der Waals surface area contributed by atoms with Crippen LogP contribution in [0.25, 0.3) is 0 Å². The fourth-order valence-corrected chi connectivity index (χ4v) is 2.67. The van der Waals surface area contributed by atoms with Gasteiger partial charge in [-0.1, -0.05) is 19.9 Å². The van der Waals surface area contributed by atoms with Crippen molar-refractivity contribution in [1.82, 2.24) is 10.2 Å². The zero-order chi connectivity index (χ0) is 15.8. The molecule has 3 nitrogen and oxygen atoms in total. The summed E-state index contributed by atoms with van der Waals surface area (Å²) in [5, 5.41) is 3.28. The molecule has 0 radical (unpaired) electrons. The summed E-state index contributed by atoms with van der Waals surface area (Å²) >= 11 is 0. The van der Waals surface area contributed by atoms with Gasteiger partial charge in [-0.05, 0) is 44.4 Å². The van der Waals surface area contributed by atoms with Crippen molar-refractivity contribution in [2.24, 2.45) is 0 Å². The molecule has 1 aromatic carbocycles. The van der Waals surface area contributed by atoms with Gasteiger partial charge < -0.3 is 4.90 Å². The van der Waals surface area contributed by atoms with E-state index in [1.165, 1.54) is 6.07 Å². The van der Waals surface area contributed by atoms with Gasteiger partial charge in [0.2, 0.25) is 5.91 Å². The predicted molar refractivity (Wildman–Crippen MR) is 77.5 cm³/mol. The zero-order valence-electron chi connectivity index (χ0n) is 12.9. The topological polar surface area (TPSA) is 32.3 Å². The van der Waals surface area contributed by atoms with Gasteiger partial charge in [-0.25, -0.2) is 8.78 Å². The van der Waals surface area contributed by atoms with Gasteiger partial charge >= 0.3 is 0 Å². The molecule has 0 aliphatic carbocycles. The van der Waals surface area contributed by atoms with Crippen LogP contribution in [0.1, 0.15) is 52.3 Å². The largest absolute Gasteiger partial charge is 0.319 e. The number of amides is 1. The average molecular weight is 296 g/mol. The summed E-state index contributed by atoms with van der Waals surface area (Å²) < 4.78 is 26.6. The third-order valence-corrected chi connectivity index (χ3v) is 4.47. The number of rotatable bonds is 4. The molecule has 0 aromatic heterocycles. The molecule has 1 aromatic rings. The molecular formula is C16H22F2N2O. The van der Waals surface area contributed by atoms with Crippen LogP contribution in [0.2, 0.25) is 0 Å². The summed E-state index contributed by atoms with van der Waals surface area (Å²) in [5.41, 5.74) is -0.0985. The Labute approximate surface area is 124 Å². The maximum atomic E-state index is 13.5. The Balaban J connectivity index is 2.44. The second kappa shape index (κ2) is 5.72. The fraction of sp³-hybridized carbons (Fsp3) is 0.562. The fourth-order valence-electron chi connectivity index (χ4n) is 2.67. The molecule has 0 bridgehead atoms. The lowest BCUT2D eigenvalue weighted by atomic mass is 9.99. The van der Waals surface area contributed by atoms with Crippen LogP contribution in [0, 0.1) is 11.6 Å². The number of hydrogen-bond donors (Lipinski definition) is 1. The molecular weight excluding hydrogens is 274 g/mol. The minimum atomic E-state index is -0.893. The van der Waals surface area contributed by atoms with Crippen LogP contribution in [0.15, 0.2) is 18.2 Å². The lowest BCUT2D eigenvalue weighted by molar-refractivity contribution is -0.135. The summed E-state index contributed by atoms with van der Waals surface area (Å²) in [6.07, 6.45) is 1.01. The maximum absolute atomic E-state index is 13.5. The summed E-state index contributed by atoms with van der Waals surface area (Å²) in [4.78, 5) is 14.4. The summed E-state index contributed by atoms with van der Waals surface area (Å²) in [6.45, 7) is 7.76. The number of hydrogen-bond acceptors (Lipinski definition) is 2. The van der Waals surface area contributed by atoms with E-state index in [-0.39, 0.29) is 11.9 Å². The van der Waals surface area contributed by atoms with Gasteiger partial charge in [-0.2, -0.15) is 0 Å². The lowest BCUT2D eigenvalue weighted by Crippen LogP contribution is -2.44. The number of benzene rings is 1. The number of carbonyl (C=O) groups is 1. The number of nitrogens with one attached hydrogen (secondary N) is 1. The van der Waals surface area contributed by atoms with Crippen LogP contribution >= 0.6 is 0 Å². The van der Waals surface area contributed by atoms with Crippen molar-refractivity contribution in [3.8, 4) is 0 Å². The molecule has 1 aliphatic rings. The molecule has 3 unspecified atom stereocenters. The minimum Gasteiger partial charge on any atom is -0.319 e. The highest BCUT2D eigenvalue weighted by Gasteiger charge is 2.48. The SMILES string of the molecule is CCC(C)N1C(=O)C(C)(CC)NC1c1ccc(F)c(F)c1. The van der Waals surface area contributed by atoms with Crippen LogP contribution in [0.4, 0.5) is 8.78 Å². The molecule has 5 heteroatoms. The van der Waals surface area contributed by atoms with E-state index in [1.54, 1.807) is 4.90 Å². The number of halogens is 2. The highest BCUT2D eigenvalue weighted by molar-refractivity contribution is 5.88. The monoisotopic (exact) mass is 296 g/mol. The standard InChI is InChI=1S/C16H22F2N2O/c1-5-10(3)20-14(19-16(4,6-2)15(20)21)11-7-8-12(17)13(18)9-11/h7-10,14,19H,5-6H2,1-4H3. The number of carbonyl (C=O) groups excluding carboxylic acids is 1. The van der Waals surface area contributed by atoms with E-state index in [2.05, 4.69) is 5.32 Å². The van der Waals surface area contributed by atoms with Gasteiger partial charge in [0.15, 0.2) is 11.6 Å². The molecule has 116 valence electrons. The van der Waals surface area contributed by atoms with Gasteiger partial charge in [0, 0.05) is 6.04 Å². The summed E-state index contributed by atoms with van der Waals surface area (Å²) in [5.74, 6) is -1.76. The Morgan fingerprint density at radius 3 is 2.52 bits per heavy atom. The Hall–Kier alpha value is -1.49. The van der Waals surface area contributed by atoms with E-state index in [9.17, 15) is 13.6 Å². The Morgan fingerprint density at radius 1 is 1.33 bits per heavy atom. The Kier molecular flexibility index (Phi) is 4.33. The molecule has 3 atom stereocenters. The first kappa shape index (κ1) is 15.9. The van der Waals surface area contributed by atoms with E-state index in [0.717, 1.165) is 18.6 Å². The van der Waals surface area contributed by atoms with Crippen LogP contribution < -0.4 is 5.32 Å². The first-order chi connectivity index (χ1) is 9.84. The van der Waals surface area contributed by atoms with E-state index in [1.807, 2.05) is 27.7 Å². The highest BCUT2D eigenvalue weighted by Crippen LogP contribution is 2.35. The van der Waals surface area contributed by atoms with E-state index in [0.29, 0.717) is 12.0 Å². The van der Waals surface area contributed by atoms with Crippen molar-refractivity contribution in [3.63, 3.8) is 0 Å². The first-order valence-electron chi connectivity index (χ1n) is 7.39. The quantitative estimate of drug-likeness (QED) is 0.924. The van der Waals surface area contributed by atoms with Gasteiger partial charge in [0.1, 0.15) is 6.17 Å².